The molecule has 1 aromatic heterocycles. The fourth-order valence-electron chi connectivity index (χ4n) is 2.56. The highest BCUT2D eigenvalue weighted by Gasteiger charge is 2.17. The summed E-state index contributed by atoms with van der Waals surface area (Å²) in [7, 11) is 0. The van der Waals surface area contributed by atoms with Gasteiger partial charge < -0.3 is 9.64 Å². The van der Waals surface area contributed by atoms with Crippen molar-refractivity contribution < 1.29 is 4.74 Å². The molecule has 2 aromatic rings. The van der Waals surface area contributed by atoms with Gasteiger partial charge >= 0.3 is 0 Å². The molecule has 0 saturated carbocycles. The Morgan fingerprint density at radius 3 is 2.45 bits per heavy atom. The second-order valence-corrected chi connectivity index (χ2v) is 5.76. The summed E-state index contributed by atoms with van der Waals surface area (Å²) in [5, 5.41) is 0.734. The molecule has 1 aromatic carbocycles. The zero-order valence-corrected chi connectivity index (χ0v) is 13.2. The van der Waals surface area contributed by atoms with Crippen LogP contribution in [0.1, 0.15) is 0 Å². The van der Waals surface area contributed by atoms with Crippen LogP contribution in [0.2, 0.25) is 5.02 Å². The zero-order valence-electron chi connectivity index (χ0n) is 12.5. The highest BCUT2D eigenvalue weighted by molar-refractivity contribution is 6.30. The molecule has 0 bridgehead atoms. The maximum atomic E-state index is 5.86. The van der Waals surface area contributed by atoms with Gasteiger partial charge in [-0.3, -0.25) is 4.90 Å². The van der Waals surface area contributed by atoms with E-state index >= 15 is 0 Å². The Balaban J connectivity index is 1.40. The van der Waals surface area contributed by atoms with Crippen LogP contribution in [-0.4, -0.2) is 49.2 Å². The topological polar surface area (TPSA) is 28.6 Å². The first-order valence-corrected chi connectivity index (χ1v) is 7.96. The molecular weight excluding hydrogens is 298 g/mol. The highest BCUT2D eigenvalue weighted by Crippen LogP contribution is 2.16. The molecule has 0 atom stereocenters. The van der Waals surface area contributed by atoms with Gasteiger partial charge in [-0.05, 0) is 36.4 Å². The monoisotopic (exact) mass is 317 g/mol. The summed E-state index contributed by atoms with van der Waals surface area (Å²) in [4.78, 5) is 9.16. The van der Waals surface area contributed by atoms with Crippen LogP contribution in [0.15, 0.2) is 48.7 Å². The quantitative estimate of drug-likeness (QED) is 0.848. The molecule has 1 aliphatic heterocycles. The normalized spacial score (nSPS) is 15.8. The molecule has 3 rings (SSSR count). The Hall–Kier alpha value is -1.78. The van der Waals surface area contributed by atoms with Crippen molar-refractivity contribution in [3.63, 3.8) is 0 Å². The second-order valence-electron chi connectivity index (χ2n) is 5.32. The first-order valence-electron chi connectivity index (χ1n) is 7.58. The molecule has 4 nitrogen and oxygen atoms in total. The van der Waals surface area contributed by atoms with Crippen LogP contribution in [0.5, 0.6) is 5.75 Å². The first kappa shape index (κ1) is 15.1. The number of benzene rings is 1. The first-order chi connectivity index (χ1) is 10.8. The van der Waals surface area contributed by atoms with Crippen LogP contribution in [0.3, 0.4) is 0 Å². The number of aromatic nitrogens is 1. The summed E-state index contributed by atoms with van der Waals surface area (Å²) >= 11 is 5.86. The number of hydrogen-bond donors (Lipinski definition) is 0. The molecule has 1 saturated heterocycles. The van der Waals surface area contributed by atoms with Gasteiger partial charge in [-0.2, -0.15) is 0 Å². The number of pyridine rings is 1. The molecule has 0 N–H and O–H groups in total. The van der Waals surface area contributed by atoms with E-state index in [4.69, 9.17) is 16.3 Å². The Morgan fingerprint density at radius 1 is 1.00 bits per heavy atom. The molecule has 0 radical (unpaired) electrons. The van der Waals surface area contributed by atoms with Crippen molar-refractivity contribution in [2.45, 2.75) is 0 Å². The second kappa shape index (κ2) is 7.47. The van der Waals surface area contributed by atoms with Crippen molar-refractivity contribution >= 4 is 17.4 Å². The van der Waals surface area contributed by atoms with Gasteiger partial charge in [-0.15, -0.1) is 0 Å². The van der Waals surface area contributed by atoms with Gasteiger partial charge in [0.25, 0.3) is 0 Å². The van der Waals surface area contributed by atoms with Crippen LogP contribution in [0, 0.1) is 0 Å². The molecular formula is C17H20ClN3O. The minimum Gasteiger partial charge on any atom is -0.492 e. The predicted molar refractivity (Wildman–Crippen MR) is 89.8 cm³/mol. The number of piperazine rings is 1. The number of rotatable bonds is 5. The van der Waals surface area contributed by atoms with Gasteiger partial charge in [-0.25, -0.2) is 4.98 Å². The van der Waals surface area contributed by atoms with Crippen LogP contribution in [-0.2, 0) is 0 Å². The van der Waals surface area contributed by atoms with Crippen LogP contribution >= 0.6 is 11.6 Å². The molecule has 2 heterocycles. The van der Waals surface area contributed by atoms with E-state index in [2.05, 4.69) is 20.9 Å². The number of ether oxygens (including phenoxy) is 1. The molecule has 5 heteroatoms. The summed E-state index contributed by atoms with van der Waals surface area (Å²) in [6.45, 7) is 5.75. The number of halogens is 1. The fraction of sp³-hybridized carbons (Fsp3) is 0.353. The van der Waals surface area contributed by atoms with Crippen molar-refractivity contribution in [2.75, 3.05) is 44.2 Å². The van der Waals surface area contributed by atoms with Gasteiger partial charge in [0.2, 0.25) is 0 Å². The Kier molecular flexibility index (Phi) is 5.14. The van der Waals surface area contributed by atoms with Crippen LogP contribution < -0.4 is 9.64 Å². The molecule has 1 aliphatic rings. The van der Waals surface area contributed by atoms with E-state index in [0.29, 0.717) is 6.61 Å². The van der Waals surface area contributed by atoms with E-state index < -0.39 is 0 Å². The van der Waals surface area contributed by atoms with Gasteiger partial charge in [-0.1, -0.05) is 17.7 Å². The molecule has 22 heavy (non-hydrogen) atoms. The fourth-order valence-corrected chi connectivity index (χ4v) is 2.69. The summed E-state index contributed by atoms with van der Waals surface area (Å²) in [6, 6.07) is 13.6. The van der Waals surface area contributed by atoms with Gasteiger partial charge in [0, 0.05) is 43.9 Å². The minimum absolute atomic E-state index is 0.700. The SMILES string of the molecule is Clc1ccc(OCCN2CCN(c3ccccn3)CC2)cc1. The third kappa shape index (κ3) is 4.12. The smallest absolute Gasteiger partial charge is 0.128 e. The molecule has 0 aliphatic carbocycles. The number of nitrogens with zero attached hydrogens (tertiary/aromatic N) is 3. The predicted octanol–water partition coefficient (Wildman–Crippen LogP) is 2.94. The number of anilines is 1. The van der Waals surface area contributed by atoms with Gasteiger partial charge in [0.15, 0.2) is 0 Å². The van der Waals surface area contributed by atoms with E-state index in [1.54, 1.807) is 0 Å². The average Bonchev–Trinajstić information content (AvgIpc) is 2.58. The lowest BCUT2D eigenvalue weighted by atomic mass is 10.3. The Labute approximate surface area is 136 Å². The van der Waals surface area contributed by atoms with Crippen LogP contribution in [0.4, 0.5) is 5.82 Å². The lowest BCUT2D eigenvalue weighted by Gasteiger charge is -2.35. The summed E-state index contributed by atoms with van der Waals surface area (Å²) in [6.07, 6.45) is 1.85. The van der Waals surface area contributed by atoms with E-state index in [-0.39, 0.29) is 0 Å². The lowest BCUT2D eigenvalue weighted by molar-refractivity contribution is 0.200. The Bertz CT molecular complexity index is 568. The lowest BCUT2D eigenvalue weighted by Crippen LogP contribution is -2.47. The maximum absolute atomic E-state index is 5.86. The zero-order chi connectivity index (χ0) is 15.2. The molecule has 0 unspecified atom stereocenters. The van der Waals surface area contributed by atoms with E-state index in [1.807, 2.05) is 42.6 Å². The van der Waals surface area contributed by atoms with E-state index in [0.717, 1.165) is 49.3 Å². The molecule has 0 spiro atoms. The third-order valence-corrected chi connectivity index (χ3v) is 4.09. The van der Waals surface area contributed by atoms with Crippen LogP contribution in [0.25, 0.3) is 0 Å². The minimum atomic E-state index is 0.700. The average molecular weight is 318 g/mol. The standard InChI is InChI=1S/C17H20ClN3O/c18-15-4-6-16(7-5-15)22-14-13-20-9-11-21(12-10-20)17-3-1-2-8-19-17/h1-8H,9-14H2. The summed E-state index contributed by atoms with van der Waals surface area (Å²) in [5.74, 6) is 1.94. The Morgan fingerprint density at radius 2 is 1.77 bits per heavy atom. The van der Waals surface area contributed by atoms with E-state index in [9.17, 15) is 0 Å². The maximum Gasteiger partial charge on any atom is 0.128 e. The van der Waals surface area contributed by atoms with Crippen molar-refractivity contribution in [3.8, 4) is 5.75 Å². The summed E-state index contributed by atoms with van der Waals surface area (Å²) in [5.41, 5.74) is 0. The largest absolute Gasteiger partial charge is 0.492 e. The van der Waals surface area contributed by atoms with E-state index in [1.165, 1.54) is 0 Å². The van der Waals surface area contributed by atoms with Crippen molar-refractivity contribution in [2.24, 2.45) is 0 Å². The highest BCUT2D eigenvalue weighted by atomic mass is 35.5. The van der Waals surface area contributed by atoms with Gasteiger partial charge in [0.1, 0.15) is 18.2 Å². The van der Waals surface area contributed by atoms with Crippen molar-refractivity contribution in [3.05, 3.63) is 53.7 Å². The van der Waals surface area contributed by atoms with Crippen molar-refractivity contribution in [1.29, 1.82) is 0 Å². The summed E-state index contributed by atoms with van der Waals surface area (Å²) < 4.78 is 5.75. The third-order valence-electron chi connectivity index (χ3n) is 3.84. The van der Waals surface area contributed by atoms with Gasteiger partial charge in [0.05, 0.1) is 0 Å². The van der Waals surface area contributed by atoms with Crippen molar-refractivity contribution in [1.82, 2.24) is 9.88 Å². The molecule has 1 fully saturated rings. The number of hydrogen-bond acceptors (Lipinski definition) is 4. The molecule has 116 valence electrons. The molecule has 0 amide bonds.